The molecule has 0 saturated carbocycles. The average molecular weight is 511 g/mol. The van der Waals surface area contributed by atoms with E-state index in [9.17, 15) is 24.2 Å². The minimum absolute atomic E-state index is 0.0865. The number of phosphoric acid groups is 2. The molecule has 3 rings (SSSR count). The van der Waals surface area contributed by atoms with Crippen molar-refractivity contribution in [2.45, 2.75) is 31.5 Å². The van der Waals surface area contributed by atoms with Gasteiger partial charge in [-0.2, -0.15) is 4.31 Å². The molecule has 2 aromatic heterocycles. The Morgan fingerprint density at radius 1 is 1.24 bits per heavy atom. The van der Waals surface area contributed by atoms with Crippen LogP contribution in [0, 0.1) is 0 Å². The highest BCUT2D eigenvalue weighted by molar-refractivity contribution is 7.60. The first-order valence-corrected chi connectivity index (χ1v) is 12.4. The van der Waals surface area contributed by atoms with Gasteiger partial charge in [0.1, 0.15) is 24.6 Å². The van der Waals surface area contributed by atoms with Crippen molar-refractivity contribution >= 4 is 32.6 Å². The molecule has 2 aromatic rings. The van der Waals surface area contributed by atoms with E-state index in [-0.39, 0.29) is 12.3 Å². The van der Waals surface area contributed by atoms with Crippen molar-refractivity contribution in [3.63, 3.8) is 0 Å². The number of phosphoric ester groups is 1. The summed E-state index contributed by atoms with van der Waals surface area (Å²) in [6.45, 7) is 1.19. The molecule has 0 amide bonds. The summed E-state index contributed by atoms with van der Waals surface area (Å²) in [6.07, 6.45) is -1.41. The van der Waals surface area contributed by atoms with Gasteiger partial charge in [0.2, 0.25) is 0 Å². The van der Waals surface area contributed by atoms with E-state index in [2.05, 4.69) is 29.1 Å². The number of rotatable bonds is 10. The Hall–Kier alpha value is -1.81. The van der Waals surface area contributed by atoms with E-state index in [1.54, 1.807) is 13.0 Å². The van der Waals surface area contributed by atoms with E-state index in [1.165, 1.54) is 17.2 Å². The molecule has 0 spiro atoms. The van der Waals surface area contributed by atoms with Gasteiger partial charge in [-0.25, -0.2) is 24.1 Å². The number of fused-ring (bicyclic) bond motifs is 1. The first kappa shape index (κ1) is 25.8. The topological polar surface area (TPSA) is 239 Å². The summed E-state index contributed by atoms with van der Waals surface area (Å²) in [5.74, 6) is 0.365. The molecule has 16 nitrogen and oxygen atoms in total. The molecule has 184 valence electrons. The Morgan fingerprint density at radius 3 is 2.64 bits per heavy atom. The van der Waals surface area contributed by atoms with Gasteiger partial charge in [-0.1, -0.05) is 11.6 Å². The zero-order chi connectivity index (χ0) is 24.4. The number of nitrogens with zero attached hydrogens (tertiary/aromatic N) is 4. The predicted octanol–water partition coefficient (Wildman–Crippen LogP) is -0.978. The number of anilines is 1. The van der Waals surface area contributed by atoms with Crippen LogP contribution in [0.4, 0.5) is 5.82 Å². The van der Waals surface area contributed by atoms with Crippen molar-refractivity contribution in [2.24, 2.45) is 0 Å². The molecule has 1 saturated heterocycles. The zero-order valence-electron chi connectivity index (χ0n) is 17.1. The quantitative estimate of drug-likeness (QED) is 0.150. The van der Waals surface area contributed by atoms with Crippen LogP contribution in [0.5, 0.6) is 0 Å². The molecular formula is C15H23N5O11P2. The maximum absolute atomic E-state index is 11.6. The van der Waals surface area contributed by atoms with Crippen LogP contribution < -0.4 is 5.32 Å². The fourth-order valence-corrected chi connectivity index (χ4v) is 4.58. The fourth-order valence-electron chi connectivity index (χ4n) is 2.98. The van der Waals surface area contributed by atoms with Crippen molar-refractivity contribution in [3.05, 3.63) is 24.3 Å². The number of imidazole rings is 1. The van der Waals surface area contributed by atoms with Crippen molar-refractivity contribution in [3.8, 4) is 0 Å². The lowest BCUT2D eigenvalue weighted by Crippen LogP contribution is -2.33. The second-order valence-electron chi connectivity index (χ2n) is 7.02. The Labute approximate surface area is 186 Å². The fraction of sp³-hybridized carbons (Fsp3) is 0.533. The van der Waals surface area contributed by atoms with Crippen molar-refractivity contribution < 1.29 is 52.7 Å². The lowest BCUT2D eigenvalue weighted by Gasteiger charge is -2.17. The van der Waals surface area contributed by atoms with Crippen molar-refractivity contribution in [2.75, 3.05) is 25.1 Å². The number of aliphatic hydroxyl groups excluding tert-OH is 3. The van der Waals surface area contributed by atoms with Gasteiger partial charge in [-0.05, 0) is 6.92 Å². The van der Waals surface area contributed by atoms with Crippen molar-refractivity contribution in [1.82, 2.24) is 19.5 Å². The molecule has 18 heteroatoms. The highest BCUT2D eigenvalue weighted by Gasteiger charge is 2.46. The summed E-state index contributed by atoms with van der Waals surface area (Å²) in [5, 5.41) is 32.7. The summed E-state index contributed by atoms with van der Waals surface area (Å²) in [7, 11) is -10.5. The van der Waals surface area contributed by atoms with Gasteiger partial charge in [-0.15, -0.1) is 0 Å². The number of ether oxygens (including phenoxy) is 1. The molecule has 3 heterocycles. The van der Waals surface area contributed by atoms with Gasteiger partial charge in [0.25, 0.3) is 0 Å². The van der Waals surface area contributed by atoms with Crippen LogP contribution in [0.1, 0.15) is 13.2 Å². The van der Waals surface area contributed by atoms with Gasteiger partial charge in [0, 0.05) is 6.54 Å². The van der Waals surface area contributed by atoms with E-state index in [0.29, 0.717) is 17.9 Å². The highest BCUT2D eigenvalue weighted by Crippen LogP contribution is 2.57. The average Bonchev–Trinajstić information content (AvgIpc) is 3.27. The van der Waals surface area contributed by atoms with Gasteiger partial charge in [-0.3, -0.25) is 9.09 Å². The molecule has 1 aliphatic rings. The van der Waals surface area contributed by atoms with Crippen LogP contribution >= 0.6 is 15.6 Å². The molecule has 1 fully saturated rings. The van der Waals surface area contributed by atoms with E-state index < -0.39 is 46.8 Å². The smallest absolute Gasteiger partial charge is 0.392 e. The van der Waals surface area contributed by atoms with E-state index in [4.69, 9.17) is 19.6 Å². The number of aromatic nitrogens is 4. The number of hydrogen-bond donors (Lipinski definition) is 7. The first-order chi connectivity index (χ1) is 15.4. The molecular weight excluding hydrogens is 488 g/mol. The molecule has 0 aliphatic carbocycles. The maximum atomic E-state index is 11.6. The van der Waals surface area contributed by atoms with Gasteiger partial charge in [0.05, 0.1) is 19.5 Å². The molecule has 0 radical (unpaired) electrons. The Balaban J connectivity index is 1.74. The molecule has 1 aliphatic heterocycles. The Kier molecular flexibility index (Phi) is 7.99. The normalized spacial score (nSPS) is 26.0. The van der Waals surface area contributed by atoms with E-state index in [1.807, 2.05) is 0 Å². The van der Waals surface area contributed by atoms with Crippen LogP contribution in [-0.2, 0) is 22.7 Å². The van der Waals surface area contributed by atoms with E-state index in [0.717, 1.165) is 5.57 Å². The predicted molar refractivity (Wildman–Crippen MR) is 109 cm³/mol. The monoisotopic (exact) mass is 511 g/mol. The van der Waals surface area contributed by atoms with Crippen LogP contribution in [0.3, 0.4) is 0 Å². The zero-order valence-corrected chi connectivity index (χ0v) is 18.9. The molecule has 0 bridgehead atoms. The molecule has 7 N–H and O–H groups in total. The van der Waals surface area contributed by atoms with Crippen LogP contribution in [0.25, 0.3) is 11.2 Å². The third-order valence-corrected chi connectivity index (χ3v) is 6.70. The first-order valence-electron chi connectivity index (χ1n) is 9.35. The third kappa shape index (κ3) is 6.41. The van der Waals surface area contributed by atoms with Crippen LogP contribution in [0.15, 0.2) is 24.3 Å². The Morgan fingerprint density at radius 2 is 1.97 bits per heavy atom. The summed E-state index contributed by atoms with van der Waals surface area (Å²) in [4.78, 5) is 39.1. The summed E-state index contributed by atoms with van der Waals surface area (Å²) in [5.41, 5.74) is 1.32. The largest absolute Gasteiger partial charge is 0.481 e. The maximum Gasteiger partial charge on any atom is 0.481 e. The number of nitrogens with one attached hydrogen (secondary N) is 1. The number of hydrogen-bond acceptors (Lipinski definition) is 12. The number of aliphatic hydroxyl groups is 3. The summed E-state index contributed by atoms with van der Waals surface area (Å²) in [6, 6.07) is 0. The third-order valence-electron chi connectivity index (χ3n) is 4.55. The van der Waals surface area contributed by atoms with Gasteiger partial charge < -0.3 is 40.1 Å². The highest BCUT2D eigenvalue weighted by atomic mass is 31.3. The van der Waals surface area contributed by atoms with Gasteiger partial charge >= 0.3 is 15.6 Å². The van der Waals surface area contributed by atoms with Crippen molar-refractivity contribution in [1.29, 1.82) is 0 Å². The SMILES string of the molecule is CC(=CCNc1ncnc2c1ncn2C1OC(COP(=O)(O)OP(=O)(O)O)C(O)C1O)CO. The molecule has 0 aromatic carbocycles. The van der Waals surface area contributed by atoms with E-state index >= 15 is 0 Å². The van der Waals surface area contributed by atoms with Crippen LogP contribution in [-0.4, -0.2) is 87.6 Å². The standard InChI is InChI=1S/C15H23N5O11P2/c1-8(4-21)2-3-16-13-10-14(18-6-17-13)20(7-19-10)15-12(23)11(22)9(30-15)5-29-33(27,28)31-32(24,25)26/h2,6-7,9,11-12,15,21-23H,3-5H2,1H3,(H,27,28)(H,16,17,18)(H2,24,25,26). The Bertz CT molecular complexity index is 1110. The molecule has 33 heavy (non-hydrogen) atoms. The second-order valence-corrected chi connectivity index (χ2v) is 9.85. The minimum atomic E-state index is -5.31. The summed E-state index contributed by atoms with van der Waals surface area (Å²) < 4.78 is 37.3. The lowest BCUT2D eigenvalue weighted by atomic mass is 10.1. The van der Waals surface area contributed by atoms with Crippen LogP contribution in [0.2, 0.25) is 0 Å². The molecule has 5 atom stereocenters. The second kappa shape index (κ2) is 10.2. The lowest BCUT2D eigenvalue weighted by molar-refractivity contribution is -0.0503. The summed E-state index contributed by atoms with van der Waals surface area (Å²) >= 11 is 0. The molecule has 5 unspecified atom stereocenters. The minimum Gasteiger partial charge on any atom is -0.392 e. The van der Waals surface area contributed by atoms with Gasteiger partial charge in [0.15, 0.2) is 23.2 Å².